The molecule has 0 aliphatic rings. The van der Waals surface area contributed by atoms with Gasteiger partial charge >= 0.3 is 0 Å². The van der Waals surface area contributed by atoms with Crippen molar-refractivity contribution in [2.24, 2.45) is 0 Å². The number of rotatable bonds is 5. The number of benzene rings is 1. The Hall–Kier alpha value is -2.14. The van der Waals surface area contributed by atoms with Gasteiger partial charge < -0.3 is 11.5 Å². The molecule has 0 spiro atoms. The van der Waals surface area contributed by atoms with Crippen LogP contribution < -0.4 is 11.5 Å². The summed E-state index contributed by atoms with van der Waals surface area (Å²) in [5, 5.41) is 0.970. The van der Waals surface area contributed by atoms with Gasteiger partial charge in [0.2, 0.25) is 5.95 Å². The maximum Gasteiger partial charge on any atom is 0.223 e. The Morgan fingerprint density at radius 3 is 2.50 bits per heavy atom. The monoisotopic (exact) mass is 312 g/mol. The first kappa shape index (κ1) is 14.8. The van der Waals surface area contributed by atoms with E-state index in [2.05, 4.69) is 47.2 Å². The van der Waals surface area contributed by atoms with E-state index in [4.69, 9.17) is 11.5 Å². The summed E-state index contributed by atoms with van der Waals surface area (Å²) >= 11 is 1.69. The number of thiophene rings is 1. The molecule has 114 valence electrons. The number of fused-ring (bicyclic) bond motifs is 1. The fourth-order valence-corrected chi connectivity index (χ4v) is 3.96. The van der Waals surface area contributed by atoms with Gasteiger partial charge in [0, 0.05) is 4.88 Å². The van der Waals surface area contributed by atoms with E-state index in [-0.39, 0.29) is 5.95 Å². The minimum atomic E-state index is 0.252. The molecule has 3 aromatic rings. The molecule has 0 aliphatic carbocycles. The Balaban J connectivity index is 1.67. The normalized spacial score (nSPS) is 11.1. The molecule has 2 aromatic heterocycles. The van der Waals surface area contributed by atoms with Crippen LogP contribution in [0.5, 0.6) is 0 Å². The summed E-state index contributed by atoms with van der Waals surface area (Å²) in [4.78, 5) is 10.6. The lowest BCUT2D eigenvalue weighted by atomic mass is 10.1. The van der Waals surface area contributed by atoms with Crippen LogP contribution in [-0.2, 0) is 12.8 Å². The molecule has 2 heterocycles. The predicted molar refractivity (Wildman–Crippen MR) is 94.1 cm³/mol. The molecule has 0 radical (unpaired) electrons. The Morgan fingerprint density at radius 2 is 1.73 bits per heavy atom. The first-order chi connectivity index (χ1) is 10.6. The lowest BCUT2D eigenvalue weighted by molar-refractivity contribution is 0.739. The highest BCUT2D eigenvalue weighted by Crippen LogP contribution is 2.33. The third-order valence-electron chi connectivity index (χ3n) is 3.90. The molecule has 0 fully saturated rings. The highest BCUT2D eigenvalue weighted by atomic mass is 32.1. The number of aryl methyl sites for hydroxylation is 3. The average Bonchev–Trinajstić information content (AvgIpc) is 2.81. The number of nitrogens with zero attached hydrogens (tertiary/aromatic N) is 2. The summed E-state index contributed by atoms with van der Waals surface area (Å²) in [5.41, 5.74) is 14.3. The smallest absolute Gasteiger partial charge is 0.223 e. The zero-order chi connectivity index (χ0) is 15.5. The standard InChI is InChI=1S/C17H20N4S/c1-11-13(10-6-5-9-12-7-3-2-4-8-12)22-16-14(11)15(18)20-17(19)21-16/h2-4,7-8H,5-6,9-10H2,1H3,(H4,18,19,20,21). The van der Waals surface area contributed by atoms with E-state index in [1.165, 1.54) is 22.4 Å². The maximum absolute atomic E-state index is 5.98. The molecule has 4 N–H and O–H groups in total. The first-order valence-corrected chi connectivity index (χ1v) is 8.31. The predicted octanol–water partition coefficient (Wildman–Crippen LogP) is 3.73. The van der Waals surface area contributed by atoms with Crippen molar-refractivity contribution in [2.45, 2.75) is 32.6 Å². The Kier molecular flexibility index (Phi) is 4.24. The fraction of sp³-hybridized carbons (Fsp3) is 0.294. The fourth-order valence-electron chi connectivity index (χ4n) is 2.73. The molecule has 3 rings (SSSR count). The number of anilines is 2. The van der Waals surface area contributed by atoms with Crippen molar-refractivity contribution in [2.75, 3.05) is 11.5 Å². The number of hydrogen-bond donors (Lipinski definition) is 2. The summed E-state index contributed by atoms with van der Waals surface area (Å²) in [6.45, 7) is 2.10. The van der Waals surface area contributed by atoms with Crippen LogP contribution in [0.25, 0.3) is 10.2 Å². The zero-order valence-electron chi connectivity index (χ0n) is 12.7. The van der Waals surface area contributed by atoms with Gasteiger partial charge in [-0.05, 0) is 43.7 Å². The van der Waals surface area contributed by atoms with Gasteiger partial charge in [0.1, 0.15) is 10.6 Å². The van der Waals surface area contributed by atoms with Crippen LogP contribution in [0.1, 0.15) is 28.8 Å². The molecule has 1 aromatic carbocycles. The Bertz CT molecular complexity index is 780. The second kappa shape index (κ2) is 6.32. The van der Waals surface area contributed by atoms with Crippen LogP contribution in [0.4, 0.5) is 11.8 Å². The van der Waals surface area contributed by atoms with Crippen molar-refractivity contribution in [3.63, 3.8) is 0 Å². The number of nitrogens with two attached hydrogens (primary N) is 2. The van der Waals surface area contributed by atoms with Crippen molar-refractivity contribution in [1.82, 2.24) is 9.97 Å². The summed E-state index contributed by atoms with van der Waals surface area (Å²) in [5.74, 6) is 0.744. The molecule has 5 heteroatoms. The summed E-state index contributed by atoms with van der Waals surface area (Å²) in [6.07, 6.45) is 4.52. The molecule has 22 heavy (non-hydrogen) atoms. The Morgan fingerprint density at radius 1 is 1.00 bits per heavy atom. The van der Waals surface area contributed by atoms with Crippen LogP contribution in [0, 0.1) is 6.92 Å². The van der Waals surface area contributed by atoms with Crippen molar-refractivity contribution in [3.8, 4) is 0 Å². The van der Waals surface area contributed by atoms with E-state index in [0.29, 0.717) is 5.82 Å². The van der Waals surface area contributed by atoms with Crippen molar-refractivity contribution in [3.05, 3.63) is 46.3 Å². The minimum absolute atomic E-state index is 0.252. The number of hydrogen-bond acceptors (Lipinski definition) is 5. The van der Waals surface area contributed by atoms with Crippen molar-refractivity contribution >= 4 is 33.3 Å². The maximum atomic E-state index is 5.98. The molecule has 0 saturated heterocycles. The van der Waals surface area contributed by atoms with Crippen LogP contribution in [0.2, 0.25) is 0 Å². The largest absolute Gasteiger partial charge is 0.383 e. The average molecular weight is 312 g/mol. The van der Waals surface area contributed by atoms with Gasteiger partial charge in [-0.2, -0.15) is 4.98 Å². The minimum Gasteiger partial charge on any atom is -0.383 e. The molecule has 0 aliphatic heterocycles. The topological polar surface area (TPSA) is 77.8 Å². The van der Waals surface area contributed by atoms with E-state index >= 15 is 0 Å². The van der Waals surface area contributed by atoms with E-state index in [0.717, 1.165) is 29.5 Å². The third-order valence-corrected chi connectivity index (χ3v) is 5.14. The molecule has 0 bridgehead atoms. The third kappa shape index (κ3) is 3.04. The molecule has 0 amide bonds. The van der Waals surface area contributed by atoms with Crippen LogP contribution in [0.3, 0.4) is 0 Å². The van der Waals surface area contributed by atoms with Crippen LogP contribution >= 0.6 is 11.3 Å². The lowest BCUT2D eigenvalue weighted by Crippen LogP contribution is -1.99. The quantitative estimate of drug-likeness (QED) is 0.704. The summed E-state index contributed by atoms with van der Waals surface area (Å²) in [7, 11) is 0. The second-order valence-corrected chi connectivity index (χ2v) is 6.57. The number of nitrogen functional groups attached to an aromatic ring is 2. The molecule has 4 nitrogen and oxygen atoms in total. The molecular formula is C17H20N4S. The van der Waals surface area contributed by atoms with Gasteiger partial charge in [-0.1, -0.05) is 30.3 Å². The molecular weight excluding hydrogens is 292 g/mol. The summed E-state index contributed by atoms with van der Waals surface area (Å²) < 4.78 is 0. The molecule has 0 saturated carbocycles. The second-order valence-electron chi connectivity index (χ2n) is 5.49. The van der Waals surface area contributed by atoms with Gasteiger partial charge in [-0.3, -0.25) is 0 Å². The van der Waals surface area contributed by atoms with Crippen LogP contribution in [-0.4, -0.2) is 9.97 Å². The highest BCUT2D eigenvalue weighted by molar-refractivity contribution is 7.19. The first-order valence-electron chi connectivity index (χ1n) is 7.50. The molecule has 0 unspecified atom stereocenters. The summed E-state index contributed by atoms with van der Waals surface area (Å²) in [6, 6.07) is 10.6. The van der Waals surface area contributed by atoms with Crippen molar-refractivity contribution < 1.29 is 0 Å². The van der Waals surface area contributed by atoms with Crippen molar-refractivity contribution in [1.29, 1.82) is 0 Å². The van der Waals surface area contributed by atoms with Crippen LogP contribution in [0.15, 0.2) is 30.3 Å². The zero-order valence-corrected chi connectivity index (χ0v) is 13.5. The number of unbranched alkanes of at least 4 members (excludes halogenated alkanes) is 1. The van der Waals surface area contributed by atoms with E-state index in [1.807, 2.05) is 0 Å². The van der Waals surface area contributed by atoms with Gasteiger partial charge in [-0.25, -0.2) is 4.98 Å². The van der Waals surface area contributed by atoms with Gasteiger partial charge in [0.05, 0.1) is 5.39 Å². The van der Waals surface area contributed by atoms with Gasteiger partial charge in [0.15, 0.2) is 0 Å². The lowest BCUT2D eigenvalue weighted by Gasteiger charge is -2.02. The Labute approximate surface area is 134 Å². The van der Waals surface area contributed by atoms with E-state index in [1.54, 1.807) is 11.3 Å². The van der Waals surface area contributed by atoms with Gasteiger partial charge in [-0.15, -0.1) is 11.3 Å². The van der Waals surface area contributed by atoms with E-state index in [9.17, 15) is 0 Å². The highest BCUT2D eigenvalue weighted by Gasteiger charge is 2.13. The number of aromatic nitrogens is 2. The molecule has 0 atom stereocenters. The van der Waals surface area contributed by atoms with Gasteiger partial charge in [0.25, 0.3) is 0 Å². The SMILES string of the molecule is Cc1c(CCCCc2ccccc2)sc2nc(N)nc(N)c12. The van der Waals surface area contributed by atoms with E-state index < -0.39 is 0 Å².